The molecule has 0 saturated heterocycles. The van der Waals surface area contributed by atoms with E-state index in [1.54, 1.807) is 19.1 Å². The van der Waals surface area contributed by atoms with Crippen LogP contribution in [-0.4, -0.2) is 42.7 Å². The number of methoxy groups -OCH3 is 1. The van der Waals surface area contributed by atoms with Gasteiger partial charge in [-0.1, -0.05) is 12.1 Å². The number of amides is 1. The van der Waals surface area contributed by atoms with Crippen molar-refractivity contribution in [1.82, 2.24) is 5.32 Å². The molecular weight excluding hydrogens is 495 g/mol. The molecule has 0 fully saturated rings. The van der Waals surface area contributed by atoms with Crippen LogP contribution in [0.15, 0.2) is 82.6 Å². The first-order valence-corrected chi connectivity index (χ1v) is 13.8. The Kier molecular flexibility index (Phi) is 7.81. The number of hydrogen-bond donors (Lipinski definition) is 1. The van der Waals surface area contributed by atoms with E-state index >= 15 is 0 Å². The molecule has 0 radical (unpaired) electrons. The minimum atomic E-state index is -4.18. The van der Waals surface area contributed by atoms with Crippen molar-refractivity contribution in [3.8, 4) is 5.75 Å². The van der Waals surface area contributed by atoms with Gasteiger partial charge in [0.15, 0.2) is 9.84 Å². The lowest BCUT2D eigenvalue weighted by Crippen LogP contribution is -2.41. The van der Waals surface area contributed by atoms with Crippen LogP contribution < -0.4 is 14.4 Å². The number of halogens is 1. The van der Waals surface area contributed by atoms with Crippen LogP contribution >= 0.6 is 0 Å². The Morgan fingerprint density at radius 2 is 1.46 bits per heavy atom. The number of anilines is 1. The molecule has 0 aliphatic rings. The third-order valence-corrected chi connectivity index (χ3v) is 8.15. The number of benzene rings is 3. The molecule has 0 unspecified atom stereocenters. The van der Waals surface area contributed by atoms with Gasteiger partial charge in [-0.3, -0.25) is 9.10 Å². The van der Waals surface area contributed by atoms with Crippen LogP contribution in [0.25, 0.3) is 0 Å². The monoisotopic (exact) mass is 520 g/mol. The highest BCUT2D eigenvalue weighted by Crippen LogP contribution is 2.25. The number of hydrogen-bond acceptors (Lipinski definition) is 6. The van der Waals surface area contributed by atoms with Crippen LogP contribution in [0.2, 0.25) is 0 Å². The van der Waals surface area contributed by atoms with Crippen LogP contribution in [0.4, 0.5) is 10.1 Å². The van der Waals surface area contributed by atoms with Gasteiger partial charge in [0.1, 0.15) is 18.1 Å². The van der Waals surface area contributed by atoms with Gasteiger partial charge in [0, 0.05) is 6.26 Å². The van der Waals surface area contributed by atoms with E-state index in [0.29, 0.717) is 11.3 Å². The molecule has 1 amide bonds. The number of ether oxygens (including phenoxy) is 1. The zero-order chi connectivity index (χ0) is 25.8. The molecule has 0 bridgehead atoms. The minimum Gasteiger partial charge on any atom is -0.497 e. The summed E-state index contributed by atoms with van der Waals surface area (Å²) in [6.07, 6.45) is 1.10. The van der Waals surface area contributed by atoms with Crippen molar-refractivity contribution < 1.29 is 30.8 Å². The molecule has 3 rings (SSSR count). The molecule has 0 spiro atoms. The van der Waals surface area contributed by atoms with Crippen LogP contribution in [-0.2, 0) is 24.7 Å². The Bertz CT molecular complexity index is 1390. The smallest absolute Gasteiger partial charge is 0.264 e. The molecule has 0 saturated carbocycles. The number of sulfonamides is 1. The maximum atomic E-state index is 13.5. The molecule has 186 valence electrons. The van der Waals surface area contributed by atoms with Gasteiger partial charge < -0.3 is 10.1 Å². The van der Waals surface area contributed by atoms with Gasteiger partial charge >= 0.3 is 0 Å². The molecule has 0 aromatic heterocycles. The second-order valence-corrected chi connectivity index (χ2v) is 11.7. The van der Waals surface area contributed by atoms with E-state index in [9.17, 15) is 26.0 Å². The topological polar surface area (TPSA) is 110 Å². The van der Waals surface area contributed by atoms with Crippen molar-refractivity contribution in [3.63, 3.8) is 0 Å². The van der Waals surface area contributed by atoms with Gasteiger partial charge in [-0.15, -0.1) is 0 Å². The third-order valence-electron chi connectivity index (χ3n) is 5.24. The van der Waals surface area contributed by atoms with E-state index in [2.05, 4.69) is 5.32 Å². The third kappa shape index (κ3) is 6.37. The summed E-state index contributed by atoms with van der Waals surface area (Å²) in [6, 6.07) is 15.9. The Morgan fingerprint density at radius 1 is 0.914 bits per heavy atom. The summed E-state index contributed by atoms with van der Waals surface area (Å²) in [5.41, 5.74) is 0.750. The van der Waals surface area contributed by atoms with Crippen molar-refractivity contribution in [2.45, 2.75) is 22.8 Å². The van der Waals surface area contributed by atoms with Gasteiger partial charge in [-0.25, -0.2) is 21.2 Å². The highest BCUT2D eigenvalue weighted by molar-refractivity contribution is 7.93. The fourth-order valence-corrected chi connectivity index (χ4v) is 5.35. The van der Waals surface area contributed by atoms with Crippen molar-refractivity contribution in [2.75, 3.05) is 24.2 Å². The maximum Gasteiger partial charge on any atom is 0.264 e. The number of nitrogens with one attached hydrogen (secondary N) is 1. The van der Waals surface area contributed by atoms with E-state index in [0.717, 1.165) is 22.7 Å². The number of carbonyl (C=O) groups excluding carboxylic acids is 1. The van der Waals surface area contributed by atoms with E-state index in [4.69, 9.17) is 4.74 Å². The molecule has 0 aliphatic carbocycles. The van der Waals surface area contributed by atoms with Crippen molar-refractivity contribution in [2.24, 2.45) is 0 Å². The molecule has 3 aromatic rings. The van der Waals surface area contributed by atoms with Crippen molar-refractivity contribution in [3.05, 3.63) is 84.2 Å². The predicted molar refractivity (Wildman–Crippen MR) is 130 cm³/mol. The number of carbonyl (C=O) groups is 1. The van der Waals surface area contributed by atoms with Gasteiger partial charge in [0.05, 0.1) is 28.6 Å². The normalized spacial score (nSPS) is 12.6. The second kappa shape index (κ2) is 10.4. The summed E-state index contributed by atoms with van der Waals surface area (Å²) in [5.74, 6) is -0.692. The average molecular weight is 521 g/mol. The summed E-state index contributed by atoms with van der Waals surface area (Å²) in [6.45, 7) is 1.12. The van der Waals surface area contributed by atoms with Gasteiger partial charge in [0.2, 0.25) is 5.91 Å². The summed E-state index contributed by atoms with van der Waals surface area (Å²) >= 11 is 0. The van der Waals surface area contributed by atoms with Gasteiger partial charge in [-0.05, 0) is 73.2 Å². The zero-order valence-corrected chi connectivity index (χ0v) is 20.9. The van der Waals surface area contributed by atoms with Gasteiger partial charge in [-0.2, -0.15) is 0 Å². The molecule has 11 heteroatoms. The Labute approximate surface area is 204 Å². The van der Waals surface area contributed by atoms with E-state index in [-0.39, 0.29) is 15.5 Å². The lowest BCUT2D eigenvalue weighted by molar-refractivity contribution is -0.120. The summed E-state index contributed by atoms with van der Waals surface area (Å²) in [5, 5.41) is 2.72. The first kappa shape index (κ1) is 26.2. The highest BCUT2D eigenvalue weighted by atomic mass is 32.2. The standard InChI is InChI=1S/C24H25FN2O6S2/c1-17(18-4-12-22(13-5-18)34(3,29)30)26-24(28)16-27(20-8-6-19(25)7-9-20)35(31,32)23-14-10-21(33-2)11-15-23/h4-15,17H,16H2,1-3H3,(H,26,28)/t17-/m1/s1. The maximum absolute atomic E-state index is 13.5. The van der Waals surface area contributed by atoms with Gasteiger partial charge in [0.25, 0.3) is 10.0 Å². The SMILES string of the molecule is COc1ccc(S(=O)(=O)N(CC(=O)N[C@H](C)c2ccc(S(C)(=O)=O)cc2)c2ccc(F)cc2)cc1. The van der Waals surface area contributed by atoms with E-state index < -0.39 is 44.2 Å². The molecule has 1 atom stereocenters. The number of nitrogens with zero attached hydrogens (tertiary/aromatic N) is 1. The molecule has 3 aromatic carbocycles. The summed E-state index contributed by atoms with van der Waals surface area (Å²) < 4.78 is 69.5. The molecule has 0 aliphatic heterocycles. The van der Waals surface area contributed by atoms with Crippen molar-refractivity contribution in [1.29, 1.82) is 0 Å². The Hall–Kier alpha value is -3.44. The van der Waals surface area contributed by atoms with Crippen molar-refractivity contribution >= 4 is 31.5 Å². The fraction of sp³-hybridized carbons (Fsp3) is 0.208. The molecule has 8 nitrogen and oxygen atoms in total. The average Bonchev–Trinajstić information content (AvgIpc) is 2.82. The first-order valence-electron chi connectivity index (χ1n) is 10.4. The van der Waals surface area contributed by atoms with Crippen LogP contribution in [0.1, 0.15) is 18.5 Å². The van der Waals surface area contributed by atoms with Crippen LogP contribution in [0.5, 0.6) is 5.75 Å². The first-order chi connectivity index (χ1) is 16.4. The Morgan fingerprint density at radius 3 is 1.97 bits per heavy atom. The largest absolute Gasteiger partial charge is 0.497 e. The quantitative estimate of drug-likeness (QED) is 0.464. The Balaban J connectivity index is 1.85. The summed E-state index contributed by atoms with van der Waals surface area (Å²) in [4.78, 5) is 13.0. The fourth-order valence-electron chi connectivity index (χ4n) is 3.30. The van der Waals surface area contributed by atoms with E-state index in [1.807, 2.05) is 0 Å². The molecule has 35 heavy (non-hydrogen) atoms. The lowest BCUT2D eigenvalue weighted by atomic mass is 10.1. The summed E-state index contributed by atoms with van der Waals surface area (Å²) in [7, 11) is -6.09. The van der Waals surface area contributed by atoms with Crippen LogP contribution in [0.3, 0.4) is 0 Å². The number of sulfone groups is 1. The number of rotatable bonds is 9. The molecular formula is C24H25FN2O6S2. The second-order valence-electron chi connectivity index (χ2n) is 7.79. The lowest BCUT2D eigenvalue weighted by Gasteiger charge is -2.25. The predicted octanol–water partition coefficient (Wildman–Crippen LogP) is 3.31. The highest BCUT2D eigenvalue weighted by Gasteiger charge is 2.28. The molecule has 0 heterocycles. The zero-order valence-electron chi connectivity index (χ0n) is 19.3. The van der Waals surface area contributed by atoms with E-state index in [1.165, 1.54) is 55.6 Å². The van der Waals surface area contributed by atoms with Crippen LogP contribution in [0, 0.1) is 5.82 Å². The molecule has 1 N–H and O–H groups in total. The minimum absolute atomic E-state index is 0.0696.